The summed E-state index contributed by atoms with van der Waals surface area (Å²) in [4.78, 5) is 34.5. The summed E-state index contributed by atoms with van der Waals surface area (Å²) < 4.78 is 32.3. The SMILES string of the molecule is CCCCCCCC/C=C/C/C=C/CCCCC(=O)O[C@H](COC(=O)CCCCCCCCC)COP(=O)(O)OC[C@@H](O)CO. The molecule has 3 atom stereocenters. The molecule has 0 bridgehead atoms. The van der Waals surface area contributed by atoms with Crippen LogP contribution in [0.5, 0.6) is 0 Å². The van der Waals surface area contributed by atoms with Gasteiger partial charge < -0.3 is 24.6 Å². The van der Waals surface area contributed by atoms with Crippen LogP contribution in [0.4, 0.5) is 0 Å². The van der Waals surface area contributed by atoms with E-state index in [-0.39, 0.29) is 19.4 Å². The Kier molecular flexibility index (Phi) is 30.0. The van der Waals surface area contributed by atoms with Crippen LogP contribution in [0.25, 0.3) is 0 Å². The molecule has 0 aliphatic carbocycles. The van der Waals surface area contributed by atoms with Crippen molar-refractivity contribution < 1.29 is 47.8 Å². The van der Waals surface area contributed by atoms with Gasteiger partial charge >= 0.3 is 19.8 Å². The number of ether oxygens (including phenoxy) is 2. The molecule has 0 rings (SSSR count). The van der Waals surface area contributed by atoms with Gasteiger partial charge in [0.1, 0.15) is 12.7 Å². The number of rotatable bonds is 32. The van der Waals surface area contributed by atoms with Gasteiger partial charge in [-0.3, -0.25) is 18.6 Å². The third kappa shape index (κ3) is 30.8. The number of hydrogen-bond donors (Lipinski definition) is 3. The molecule has 0 amide bonds. The fraction of sp³-hybridized carbons (Fsp3) is 0.824. The fourth-order valence-corrected chi connectivity index (χ4v) is 5.16. The lowest BCUT2D eigenvalue weighted by molar-refractivity contribution is -0.161. The lowest BCUT2D eigenvalue weighted by Crippen LogP contribution is -2.29. The maximum atomic E-state index is 12.5. The van der Waals surface area contributed by atoms with Crippen LogP contribution in [0, 0.1) is 0 Å². The van der Waals surface area contributed by atoms with Gasteiger partial charge in [0.05, 0.1) is 19.8 Å². The minimum Gasteiger partial charge on any atom is -0.462 e. The second-order valence-corrected chi connectivity index (χ2v) is 13.0. The molecule has 45 heavy (non-hydrogen) atoms. The summed E-state index contributed by atoms with van der Waals surface area (Å²) in [5, 5.41) is 18.2. The zero-order valence-corrected chi connectivity index (χ0v) is 29.0. The number of aliphatic hydroxyl groups is 2. The Morgan fingerprint density at radius 1 is 0.667 bits per heavy atom. The Bertz CT molecular complexity index is 817. The van der Waals surface area contributed by atoms with Crippen molar-refractivity contribution in [2.24, 2.45) is 0 Å². The molecular formula is C34H63O10P. The van der Waals surface area contributed by atoms with Crippen molar-refractivity contribution in [1.82, 2.24) is 0 Å². The van der Waals surface area contributed by atoms with Gasteiger partial charge in [-0.1, -0.05) is 109 Å². The number of allylic oxidation sites excluding steroid dienone is 4. The van der Waals surface area contributed by atoms with Crippen LogP contribution in [-0.2, 0) is 32.7 Å². The van der Waals surface area contributed by atoms with E-state index in [4.69, 9.17) is 19.1 Å². The lowest BCUT2D eigenvalue weighted by atomic mass is 10.1. The van der Waals surface area contributed by atoms with Crippen LogP contribution in [0.2, 0.25) is 0 Å². The van der Waals surface area contributed by atoms with Gasteiger partial charge in [0.2, 0.25) is 0 Å². The van der Waals surface area contributed by atoms with Gasteiger partial charge in [0.15, 0.2) is 6.10 Å². The monoisotopic (exact) mass is 662 g/mol. The molecule has 0 aromatic heterocycles. The summed E-state index contributed by atoms with van der Waals surface area (Å²) in [6, 6.07) is 0. The molecule has 0 fully saturated rings. The average molecular weight is 663 g/mol. The summed E-state index contributed by atoms with van der Waals surface area (Å²) >= 11 is 0. The average Bonchev–Trinajstić information content (AvgIpc) is 3.02. The minimum absolute atomic E-state index is 0.143. The van der Waals surface area contributed by atoms with E-state index in [2.05, 4.69) is 42.7 Å². The van der Waals surface area contributed by atoms with Crippen LogP contribution in [0.1, 0.15) is 142 Å². The highest BCUT2D eigenvalue weighted by Crippen LogP contribution is 2.43. The van der Waals surface area contributed by atoms with Gasteiger partial charge in [-0.25, -0.2) is 4.57 Å². The second kappa shape index (κ2) is 31.1. The first kappa shape index (κ1) is 43.5. The van der Waals surface area contributed by atoms with Crippen molar-refractivity contribution in [2.75, 3.05) is 26.4 Å². The van der Waals surface area contributed by atoms with E-state index in [9.17, 15) is 24.2 Å². The summed E-state index contributed by atoms with van der Waals surface area (Å²) in [6.07, 6.45) is 26.1. The highest BCUT2D eigenvalue weighted by atomic mass is 31.2. The zero-order valence-electron chi connectivity index (χ0n) is 28.1. The first-order chi connectivity index (χ1) is 21.7. The summed E-state index contributed by atoms with van der Waals surface area (Å²) in [5.74, 6) is -0.971. The Morgan fingerprint density at radius 2 is 1.16 bits per heavy atom. The molecule has 0 spiro atoms. The molecule has 0 aromatic rings. The third-order valence-electron chi connectivity index (χ3n) is 7.11. The second-order valence-electron chi connectivity index (χ2n) is 11.5. The van der Waals surface area contributed by atoms with Gasteiger partial charge in [0.25, 0.3) is 0 Å². The lowest BCUT2D eigenvalue weighted by Gasteiger charge is -2.20. The number of esters is 2. The molecule has 0 aromatic carbocycles. The van der Waals surface area contributed by atoms with Gasteiger partial charge in [0, 0.05) is 12.8 Å². The van der Waals surface area contributed by atoms with Crippen molar-refractivity contribution in [1.29, 1.82) is 0 Å². The van der Waals surface area contributed by atoms with Gasteiger partial charge in [-0.05, 0) is 44.9 Å². The van der Waals surface area contributed by atoms with E-state index < -0.39 is 51.8 Å². The highest BCUT2D eigenvalue weighted by Gasteiger charge is 2.27. The van der Waals surface area contributed by atoms with E-state index in [0.29, 0.717) is 12.8 Å². The van der Waals surface area contributed by atoms with Crippen molar-refractivity contribution in [3.8, 4) is 0 Å². The van der Waals surface area contributed by atoms with Crippen molar-refractivity contribution in [3.63, 3.8) is 0 Å². The van der Waals surface area contributed by atoms with Gasteiger partial charge in [-0.2, -0.15) is 0 Å². The molecule has 0 heterocycles. The van der Waals surface area contributed by atoms with Crippen LogP contribution in [0.3, 0.4) is 0 Å². The Morgan fingerprint density at radius 3 is 1.76 bits per heavy atom. The standard InChI is InChI=1S/C34H63O10P/c1-3-5-7-9-11-12-13-14-15-16-17-18-20-22-24-26-34(38)44-32(30-43-45(39,40)42-28-31(36)27-35)29-41-33(37)25-23-21-19-10-8-6-4-2/h14-15,17-18,31-32,35-36H,3-13,16,19-30H2,1-2H3,(H,39,40)/b15-14+,18-17+/t31-,32+/m0/s1. The van der Waals surface area contributed by atoms with E-state index >= 15 is 0 Å². The zero-order chi connectivity index (χ0) is 33.4. The van der Waals surface area contributed by atoms with Crippen molar-refractivity contribution >= 4 is 19.8 Å². The number of unbranched alkanes of at least 4 members (excludes halogenated alkanes) is 14. The largest absolute Gasteiger partial charge is 0.472 e. The van der Waals surface area contributed by atoms with Crippen LogP contribution >= 0.6 is 7.82 Å². The van der Waals surface area contributed by atoms with Crippen molar-refractivity contribution in [2.45, 2.75) is 154 Å². The maximum Gasteiger partial charge on any atom is 0.472 e. The van der Waals surface area contributed by atoms with Crippen LogP contribution in [-0.4, -0.2) is 65.7 Å². The highest BCUT2D eigenvalue weighted by molar-refractivity contribution is 7.47. The topological polar surface area (TPSA) is 149 Å². The van der Waals surface area contributed by atoms with E-state index in [1.807, 2.05) is 0 Å². The smallest absolute Gasteiger partial charge is 0.462 e. The molecule has 11 heteroatoms. The number of carbonyl (C=O) groups is 2. The van der Waals surface area contributed by atoms with Crippen LogP contribution in [0.15, 0.2) is 24.3 Å². The molecule has 0 aliphatic heterocycles. The number of phosphoric ester groups is 1. The number of carbonyl (C=O) groups excluding carboxylic acids is 2. The predicted molar refractivity (Wildman–Crippen MR) is 178 cm³/mol. The molecule has 0 radical (unpaired) electrons. The Hall–Kier alpha value is -1.55. The minimum atomic E-state index is -4.61. The molecule has 0 saturated heterocycles. The van der Waals surface area contributed by atoms with E-state index in [1.54, 1.807) is 0 Å². The quantitative estimate of drug-likeness (QED) is 0.0281. The predicted octanol–water partition coefficient (Wildman–Crippen LogP) is 7.88. The molecule has 1 unspecified atom stereocenters. The number of phosphoric acid groups is 1. The van der Waals surface area contributed by atoms with E-state index in [0.717, 1.165) is 44.9 Å². The molecule has 10 nitrogen and oxygen atoms in total. The van der Waals surface area contributed by atoms with Gasteiger partial charge in [-0.15, -0.1) is 0 Å². The Balaban J connectivity index is 4.45. The first-order valence-corrected chi connectivity index (χ1v) is 18.8. The number of hydrogen-bond acceptors (Lipinski definition) is 9. The van der Waals surface area contributed by atoms with Crippen molar-refractivity contribution in [3.05, 3.63) is 24.3 Å². The summed E-state index contributed by atoms with van der Waals surface area (Å²) in [6.45, 7) is 2.25. The first-order valence-electron chi connectivity index (χ1n) is 17.3. The maximum absolute atomic E-state index is 12.5. The fourth-order valence-electron chi connectivity index (χ4n) is 4.37. The summed E-state index contributed by atoms with van der Waals surface area (Å²) in [7, 11) is -4.61. The Labute approximate surface area is 272 Å². The molecular weight excluding hydrogens is 599 g/mol. The number of aliphatic hydroxyl groups excluding tert-OH is 2. The molecule has 264 valence electrons. The molecule has 3 N–H and O–H groups in total. The molecule has 0 saturated carbocycles. The normalized spacial score (nSPS) is 14.5. The summed E-state index contributed by atoms with van der Waals surface area (Å²) in [5.41, 5.74) is 0. The van der Waals surface area contributed by atoms with Crippen LogP contribution < -0.4 is 0 Å². The molecule has 0 aliphatic rings. The van der Waals surface area contributed by atoms with E-state index in [1.165, 1.54) is 57.8 Å². The third-order valence-corrected chi connectivity index (χ3v) is 8.06.